The Morgan fingerprint density at radius 1 is 1.53 bits per heavy atom. The first-order valence-electron chi connectivity index (χ1n) is 4.00. The largest absolute Gasteiger partial charge is 0.458 e. The van der Waals surface area contributed by atoms with Crippen LogP contribution in [0.1, 0.15) is 11.3 Å². The molecule has 2 heterocycles. The predicted molar refractivity (Wildman–Crippen MR) is 47.6 cm³/mol. The molecule has 0 spiro atoms. The van der Waals surface area contributed by atoms with Crippen LogP contribution in [0.2, 0.25) is 0 Å². The highest BCUT2D eigenvalue weighted by Crippen LogP contribution is 2.39. The number of hydrogen-bond acceptors (Lipinski definition) is 4. The zero-order valence-corrected chi connectivity index (χ0v) is 8.10. The predicted octanol–water partition coefficient (Wildman–Crippen LogP) is 2.12. The monoisotopic (exact) mass is 237 g/mol. The first kappa shape index (κ1) is 10.4. The highest BCUT2D eigenvalue weighted by atomic mass is 32.1. The average Bonchev–Trinajstić information content (AvgIpc) is 2.70. The molecule has 7 heteroatoms. The maximum atomic E-state index is 12.3. The summed E-state index contributed by atoms with van der Waals surface area (Å²) >= 11 is 1.24. The van der Waals surface area contributed by atoms with Crippen molar-refractivity contribution in [2.24, 2.45) is 5.16 Å². The van der Waals surface area contributed by atoms with Crippen LogP contribution in [-0.2, 0) is 4.84 Å². The van der Waals surface area contributed by atoms with Crippen LogP contribution in [0, 0.1) is 0 Å². The maximum absolute atomic E-state index is 12.3. The fourth-order valence-corrected chi connectivity index (χ4v) is 1.86. The van der Waals surface area contributed by atoms with Gasteiger partial charge >= 0.3 is 12.0 Å². The summed E-state index contributed by atoms with van der Waals surface area (Å²) in [6.45, 7) is 0. The van der Waals surface area contributed by atoms with Gasteiger partial charge in [0.05, 0.1) is 11.3 Å². The summed E-state index contributed by atoms with van der Waals surface area (Å²) in [4.78, 5) is 4.63. The lowest BCUT2D eigenvalue weighted by atomic mass is 10.1. The summed E-state index contributed by atoms with van der Waals surface area (Å²) in [5.41, 5.74) is 0.116. The normalized spacial score (nSPS) is 26.3. The number of oxime groups is 1. The van der Waals surface area contributed by atoms with Crippen LogP contribution in [0.4, 0.5) is 13.2 Å². The maximum Gasteiger partial charge on any atom is 0.458 e. The molecule has 0 radical (unpaired) electrons. The van der Waals surface area contributed by atoms with Crippen molar-refractivity contribution in [1.29, 1.82) is 0 Å². The zero-order valence-electron chi connectivity index (χ0n) is 7.28. The third kappa shape index (κ3) is 1.72. The van der Waals surface area contributed by atoms with Gasteiger partial charge in [-0.15, -0.1) is 11.3 Å². The molecular weight excluding hydrogens is 231 g/mol. The minimum Gasteiger partial charge on any atom is -0.350 e. The van der Waals surface area contributed by atoms with Crippen LogP contribution < -0.4 is 0 Å². The van der Waals surface area contributed by atoms with Crippen LogP contribution in [-0.4, -0.2) is 22.8 Å². The summed E-state index contributed by atoms with van der Waals surface area (Å²) in [5, 5.41) is 14.1. The van der Waals surface area contributed by atoms with E-state index in [1.54, 1.807) is 17.5 Å². The smallest absolute Gasteiger partial charge is 0.350 e. The molecule has 0 aromatic carbocycles. The lowest BCUT2D eigenvalue weighted by molar-refractivity contribution is -0.355. The third-order valence-corrected chi connectivity index (χ3v) is 2.88. The highest BCUT2D eigenvalue weighted by molar-refractivity contribution is 7.12. The molecule has 1 unspecified atom stereocenters. The lowest BCUT2D eigenvalue weighted by Crippen LogP contribution is -2.45. The van der Waals surface area contributed by atoms with Crippen molar-refractivity contribution < 1.29 is 23.1 Å². The van der Waals surface area contributed by atoms with E-state index in [0.29, 0.717) is 4.88 Å². The van der Waals surface area contributed by atoms with Gasteiger partial charge < -0.3 is 9.94 Å². The molecular formula is C8H6F3NO2S. The van der Waals surface area contributed by atoms with Gasteiger partial charge in [-0.25, -0.2) is 0 Å². The summed E-state index contributed by atoms with van der Waals surface area (Å²) in [7, 11) is 0. The fraction of sp³-hybridized carbons (Fsp3) is 0.375. The third-order valence-electron chi connectivity index (χ3n) is 1.96. The molecule has 2 rings (SSSR count). The molecule has 3 nitrogen and oxygen atoms in total. The first-order chi connectivity index (χ1) is 6.92. The van der Waals surface area contributed by atoms with E-state index >= 15 is 0 Å². The van der Waals surface area contributed by atoms with E-state index in [1.807, 2.05) is 0 Å². The molecule has 0 bridgehead atoms. The number of rotatable bonds is 1. The van der Waals surface area contributed by atoms with Crippen LogP contribution in [0.25, 0.3) is 0 Å². The molecule has 1 aliphatic rings. The SMILES string of the molecule is OC1(C(F)(F)F)CC(c2cccs2)=NO1. The number of alkyl halides is 3. The Morgan fingerprint density at radius 2 is 2.27 bits per heavy atom. The Hall–Kier alpha value is -1.08. The lowest BCUT2D eigenvalue weighted by Gasteiger charge is -2.22. The number of hydrogen-bond donors (Lipinski definition) is 1. The second kappa shape index (κ2) is 3.21. The minimum atomic E-state index is -4.84. The summed E-state index contributed by atoms with van der Waals surface area (Å²) < 4.78 is 36.9. The molecule has 0 fully saturated rings. The quantitative estimate of drug-likeness (QED) is 0.812. The number of nitrogens with zero attached hydrogens (tertiary/aromatic N) is 1. The van der Waals surface area contributed by atoms with Crippen molar-refractivity contribution in [3.8, 4) is 0 Å². The number of halogens is 3. The van der Waals surface area contributed by atoms with Crippen LogP contribution in [0.3, 0.4) is 0 Å². The zero-order chi connectivity index (χ0) is 11.1. The van der Waals surface area contributed by atoms with Gasteiger partial charge in [-0.2, -0.15) is 13.2 Å². The molecule has 1 N–H and O–H groups in total. The Labute approximate surface area is 86.8 Å². The number of thiophene rings is 1. The highest BCUT2D eigenvalue weighted by Gasteiger charge is 2.60. The molecule has 0 saturated heterocycles. The van der Waals surface area contributed by atoms with Crippen LogP contribution in [0.5, 0.6) is 0 Å². The Morgan fingerprint density at radius 3 is 2.73 bits per heavy atom. The molecule has 0 amide bonds. The molecule has 15 heavy (non-hydrogen) atoms. The van der Waals surface area contributed by atoms with Crippen molar-refractivity contribution >= 4 is 17.0 Å². The van der Waals surface area contributed by atoms with Gasteiger partial charge in [-0.3, -0.25) is 0 Å². The van der Waals surface area contributed by atoms with Crippen molar-refractivity contribution in [3.63, 3.8) is 0 Å². The molecule has 0 aliphatic carbocycles. The second-order valence-electron chi connectivity index (χ2n) is 3.07. The van der Waals surface area contributed by atoms with Crippen LogP contribution in [0.15, 0.2) is 22.7 Å². The summed E-state index contributed by atoms with van der Waals surface area (Å²) in [5.74, 6) is -3.17. The van der Waals surface area contributed by atoms with E-state index in [2.05, 4.69) is 9.99 Å². The second-order valence-corrected chi connectivity index (χ2v) is 4.01. The molecule has 82 valence electrons. The van der Waals surface area contributed by atoms with Gasteiger partial charge in [-0.05, 0) is 11.4 Å². The summed E-state index contributed by atoms with van der Waals surface area (Å²) in [6.07, 6.45) is -5.51. The minimum absolute atomic E-state index is 0.116. The van der Waals surface area contributed by atoms with E-state index in [1.165, 1.54) is 11.3 Å². The fourth-order valence-electron chi connectivity index (χ4n) is 1.15. The van der Waals surface area contributed by atoms with Gasteiger partial charge in [0.1, 0.15) is 5.71 Å². The van der Waals surface area contributed by atoms with Gasteiger partial charge in [0.25, 0.3) is 0 Å². The van der Waals surface area contributed by atoms with Crippen molar-refractivity contribution in [2.75, 3.05) is 0 Å². The Bertz CT molecular complexity index is 387. The topological polar surface area (TPSA) is 41.8 Å². The van der Waals surface area contributed by atoms with E-state index in [-0.39, 0.29) is 5.71 Å². The molecule has 0 saturated carbocycles. The Kier molecular flexibility index (Phi) is 2.23. The van der Waals surface area contributed by atoms with E-state index < -0.39 is 18.4 Å². The first-order valence-corrected chi connectivity index (χ1v) is 4.88. The van der Waals surface area contributed by atoms with E-state index in [4.69, 9.17) is 5.11 Å². The van der Waals surface area contributed by atoms with Crippen molar-refractivity contribution in [3.05, 3.63) is 22.4 Å². The van der Waals surface area contributed by atoms with Crippen LogP contribution >= 0.6 is 11.3 Å². The molecule has 1 aliphatic heterocycles. The van der Waals surface area contributed by atoms with Gasteiger partial charge in [0, 0.05) is 0 Å². The number of aliphatic hydroxyl groups is 1. The Balaban J connectivity index is 2.18. The average molecular weight is 237 g/mol. The molecule has 1 aromatic heterocycles. The standard InChI is InChI=1S/C8H6F3NO2S/c9-8(10,11)7(13)4-5(12-14-7)6-2-1-3-15-6/h1-3,13H,4H2. The van der Waals surface area contributed by atoms with Crippen molar-refractivity contribution in [2.45, 2.75) is 18.4 Å². The summed E-state index contributed by atoms with van der Waals surface area (Å²) in [6, 6.07) is 3.31. The molecule has 1 atom stereocenters. The van der Waals surface area contributed by atoms with Gasteiger partial charge in [-0.1, -0.05) is 11.2 Å². The molecule has 1 aromatic rings. The van der Waals surface area contributed by atoms with E-state index in [0.717, 1.165) is 0 Å². The van der Waals surface area contributed by atoms with E-state index in [9.17, 15) is 13.2 Å². The van der Waals surface area contributed by atoms with Gasteiger partial charge in [0.15, 0.2) is 0 Å². The van der Waals surface area contributed by atoms with Gasteiger partial charge in [0.2, 0.25) is 0 Å². The van der Waals surface area contributed by atoms with Crippen molar-refractivity contribution in [1.82, 2.24) is 0 Å².